The molecule has 0 unspecified atom stereocenters. The fourth-order valence-corrected chi connectivity index (χ4v) is 1.54. The first-order valence-corrected chi connectivity index (χ1v) is 5.22. The summed E-state index contributed by atoms with van der Waals surface area (Å²) in [5, 5.41) is 28.2. The molecule has 0 fully saturated rings. The van der Waals surface area contributed by atoms with Gasteiger partial charge in [0.15, 0.2) is 0 Å². The number of nitro groups is 1. The quantitative estimate of drug-likeness (QED) is 0.641. The number of aromatic nitrogens is 1. The minimum atomic E-state index is -1.68. The summed E-state index contributed by atoms with van der Waals surface area (Å²) in [6.45, 7) is 0. The Morgan fingerprint density at radius 1 is 1.24 bits per heavy atom. The summed E-state index contributed by atoms with van der Waals surface area (Å²) >= 11 is 0. The molecule has 1 aromatic heterocycles. The molecule has 2 N–H and O–H groups in total. The number of halogens is 1. The summed E-state index contributed by atoms with van der Waals surface area (Å²) in [5.74, 6) is -5.83. The van der Waals surface area contributed by atoms with Crippen molar-refractivity contribution in [3.05, 3.63) is 45.6 Å². The molecule has 2 rings (SSSR count). The SMILES string of the molecule is O=C(O)c1nc(-c2cc(F)cc([N+](=O)[O-])c2)oc1C(=O)O. The van der Waals surface area contributed by atoms with Gasteiger partial charge < -0.3 is 14.6 Å². The zero-order chi connectivity index (χ0) is 15.7. The molecule has 0 amide bonds. The van der Waals surface area contributed by atoms with Crippen molar-refractivity contribution in [2.24, 2.45) is 0 Å². The number of non-ortho nitro benzene ring substituents is 1. The third-order valence-electron chi connectivity index (χ3n) is 2.36. The number of hydrogen-bond donors (Lipinski definition) is 2. The maximum atomic E-state index is 13.3. The third-order valence-corrected chi connectivity index (χ3v) is 2.36. The van der Waals surface area contributed by atoms with Crippen LogP contribution >= 0.6 is 0 Å². The number of carboxylic acids is 2. The highest BCUT2D eigenvalue weighted by Gasteiger charge is 2.26. The Kier molecular flexibility index (Phi) is 3.36. The summed E-state index contributed by atoms with van der Waals surface area (Å²) in [5.41, 5.74) is -1.75. The molecule has 0 atom stereocenters. The van der Waals surface area contributed by atoms with Gasteiger partial charge in [-0.05, 0) is 6.07 Å². The van der Waals surface area contributed by atoms with E-state index in [0.29, 0.717) is 6.07 Å². The zero-order valence-corrected chi connectivity index (χ0v) is 9.94. The maximum absolute atomic E-state index is 13.3. The van der Waals surface area contributed by atoms with Crippen molar-refractivity contribution in [2.45, 2.75) is 0 Å². The number of carboxylic acid groups (broad SMARTS) is 2. The lowest BCUT2D eigenvalue weighted by Crippen LogP contribution is -2.05. The van der Waals surface area contributed by atoms with Gasteiger partial charge in [-0.15, -0.1) is 0 Å². The van der Waals surface area contributed by atoms with E-state index in [1.54, 1.807) is 0 Å². The highest BCUT2D eigenvalue weighted by Crippen LogP contribution is 2.27. The maximum Gasteiger partial charge on any atom is 0.374 e. The van der Waals surface area contributed by atoms with Gasteiger partial charge in [0, 0.05) is 11.6 Å². The van der Waals surface area contributed by atoms with E-state index >= 15 is 0 Å². The number of hydrogen-bond acceptors (Lipinski definition) is 6. The molecular weight excluding hydrogens is 291 g/mol. The molecule has 0 spiro atoms. The van der Waals surface area contributed by atoms with E-state index in [1.807, 2.05) is 0 Å². The van der Waals surface area contributed by atoms with Crippen molar-refractivity contribution < 1.29 is 33.5 Å². The van der Waals surface area contributed by atoms with Crippen molar-refractivity contribution in [1.29, 1.82) is 0 Å². The molecule has 9 nitrogen and oxygen atoms in total. The number of oxazole rings is 1. The number of aromatic carboxylic acids is 2. The highest BCUT2D eigenvalue weighted by molar-refractivity contribution is 5.98. The van der Waals surface area contributed by atoms with Crippen LogP contribution in [0.4, 0.5) is 10.1 Å². The lowest BCUT2D eigenvalue weighted by molar-refractivity contribution is -0.385. The van der Waals surface area contributed by atoms with E-state index in [1.165, 1.54) is 0 Å². The molecule has 0 bridgehead atoms. The van der Waals surface area contributed by atoms with Crippen LogP contribution in [0.1, 0.15) is 21.0 Å². The average Bonchev–Trinajstić information content (AvgIpc) is 2.83. The predicted octanol–water partition coefficient (Wildman–Crippen LogP) is 1.79. The van der Waals surface area contributed by atoms with Gasteiger partial charge in [-0.2, -0.15) is 0 Å². The van der Waals surface area contributed by atoms with Gasteiger partial charge in [-0.3, -0.25) is 10.1 Å². The molecule has 1 heterocycles. The van der Waals surface area contributed by atoms with Crippen LogP contribution in [-0.4, -0.2) is 32.1 Å². The van der Waals surface area contributed by atoms with Gasteiger partial charge in [-0.1, -0.05) is 0 Å². The Bertz CT molecular complexity index is 736. The van der Waals surface area contributed by atoms with Crippen molar-refractivity contribution in [3.8, 4) is 11.5 Å². The van der Waals surface area contributed by atoms with Crippen molar-refractivity contribution in [2.75, 3.05) is 0 Å². The van der Waals surface area contributed by atoms with E-state index in [9.17, 15) is 24.1 Å². The standard InChI is InChI=1S/C11H5FN2O7/c12-5-1-4(2-6(3-5)14(19)20)9-13-7(10(15)16)8(21-9)11(17)18/h1-3H,(H,15,16)(H,17,18). The smallest absolute Gasteiger partial charge is 0.374 e. The van der Waals surface area contributed by atoms with E-state index in [0.717, 1.165) is 12.1 Å². The number of carbonyl (C=O) groups is 2. The monoisotopic (exact) mass is 296 g/mol. The van der Waals surface area contributed by atoms with Gasteiger partial charge in [0.25, 0.3) is 5.69 Å². The molecule has 108 valence electrons. The van der Waals surface area contributed by atoms with Gasteiger partial charge >= 0.3 is 11.9 Å². The van der Waals surface area contributed by atoms with Gasteiger partial charge in [0.05, 0.1) is 11.0 Å². The van der Waals surface area contributed by atoms with Crippen LogP contribution in [0.5, 0.6) is 0 Å². The number of nitrogens with zero attached hydrogens (tertiary/aromatic N) is 2. The summed E-state index contributed by atoms with van der Waals surface area (Å²) in [7, 11) is 0. The van der Waals surface area contributed by atoms with Crippen LogP contribution in [-0.2, 0) is 0 Å². The molecule has 2 aromatic rings. The number of benzene rings is 1. The molecule has 0 aliphatic rings. The van der Waals surface area contributed by atoms with Gasteiger partial charge in [0.2, 0.25) is 17.3 Å². The Morgan fingerprint density at radius 3 is 2.38 bits per heavy atom. The summed E-state index contributed by atoms with van der Waals surface area (Å²) in [6, 6.07) is 2.32. The lowest BCUT2D eigenvalue weighted by Gasteiger charge is -1.97. The number of rotatable bonds is 4. The zero-order valence-electron chi connectivity index (χ0n) is 9.94. The van der Waals surface area contributed by atoms with Crippen molar-refractivity contribution in [1.82, 2.24) is 4.98 Å². The van der Waals surface area contributed by atoms with Crippen LogP contribution in [0.25, 0.3) is 11.5 Å². The van der Waals surface area contributed by atoms with Crippen LogP contribution in [0.15, 0.2) is 22.6 Å². The molecule has 1 aromatic carbocycles. The van der Waals surface area contributed by atoms with Crippen LogP contribution in [0, 0.1) is 15.9 Å². The molecule has 0 saturated heterocycles. The minimum absolute atomic E-state index is 0.253. The summed E-state index contributed by atoms with van der Waals surface area (Å²) in [6.07, 6.45) is 0. The molecule has 21 heavy (non-hydrogen) atoms. The van der Waals surface area contributed by atoms with Gasteiger partial charge in [0.1, 0.15) is 5.82 Å². The molecule has 0 radical (unpaired) electrons. The van der Waals surface area contributed by atoms with Crippen LogP contribution < -0.4 is 0 Å². The van der Waals surface area contributed by atoms with Crippen LogP contribution in [0.2, 0.25) is 0 Å². The van der Waals surface area contributed by atoms with E-state index < -0.39 is 45.7 Å². The van der Waals surface area contributed by atoms with Crippen LogP contribution in [0.3, 0.4) is 0 Å². The second-order valence-corrected chi connectivity index (χ2v) is 3.76. The van der Waals surface area contributed by atoms with Crippen molar-refractivity contribution >= 4 is 17.6 Å². The van der Waals surface area contributed by atoms with E-state index in [2.05, 4.69) is 4.98 Å². The Morgan fingerprint density at radius 2 is 1.90 bits per heavy atom. The largest absolute Gasteiger partial charge is 0.476 e. The first kappa shape index (κ1) is 14.1. The molecule has 0 saturated carbocycles. The lowest BCUT2D eigenvalue weighted by atomic mass is 10.2. The highest BCUT2D eigenvalue weighted by atomic mass is 19.1. The second-order valence-electron chi connectivity index (χ2n) is 3.76. The molecule has 0 aliphatic carbocycles. The van der Waals surface area contributed by atoms with Crippen molar-refractivity contribution in [3.63, 3.8) is 0 Å². The number of nitro benzene ring substituents is 1. The predicted molar refractivity (Wildman–Crippen MR) is 62.5 cm³/mol. The molecule has 0 aliphatic heterocycles. The fraction of sp³-hybridized carbons (Fsp3) is 0. The fourth-order valence-electron chi connectivity index (χ4n) is 1.54. The molecule has 10 heteroatoms. The van der Waals surface area contributed by atoms with E-state index in [4.69, 9.17) is 14.6 Å². The van der Waals surface area contributed by atoms with E-state index in [-0.39, 0.29) is 5.56 Å². The first-order chi connectivity index (χ1) is 9.79. The Labute approximate surface area is 114 Å². The Balaban J connectivity index is 2.62. The molecular formula is C11H5FN2O7. The second kappa shape index (κ2) is 5.00. The van der Waals surface area contributed by atoms with Gasteiger partial charge in [-0.25, -0.2) is 19.0 Å². The third kappa shape index (κ3) is 2.68. The average molecular weight is 296 g/mol. The topological polar surface area (TPSA) is 144 Å². The minimum Gasteiger partial charge on any atom is -0.476 e. The Hall–Kier alpha value is -3.30. The summed E-state index contributed by atoms with van der Waals surface area (Å²) < 4.78 is 18.0. The summed E-state index contributed by atoms with van der Waals surface area (Å²) in [4.78, 5) is 34.8. The normalized spacial score (nSPS) is 10.3. The first-order valence-electron chi connectivity index (χ1n) is 5.22.